The molecular formula is C18H24F3N5O. The number of aromatic nitrogens is 4. The Hall–Kier alpha value is -2.32. The monoisotopic (exact) mass is 383 g/mol. The first-order chi connectivity index (χ1) is 12.6. The maximum atomic E-state index is 13.1. The lowest BCUT2D eigenvalue weighted by Gasteiger charge is -2.14. The van der Waals surface area contributed by atoms with Crippen LogP contribution in [-0.4, -0.2) is 32.0 Å². The molecule has 2 aromatic rings. The largest absolute Gasteiger partial charge is 0.435 e. The van der Waals surface area contributed by atoms with E-state index in [4.69, 9.17) is 0 Å². The zero-order valence-corrected chi connectivity index (χ0v) is 15.7. The Morgan fingerprint density at radius 3 is 2.63 bits per heavy atom. The molecule has 1 N–H and O–H groups in total. The van der Waals surface area contributed by atoms with Gasteiger partial charge in [0.05, 0.1) is 5.69 Å². The summed E-state index contributed by atoms with van der Waals surface area (Å²) >= 11 is 0. The summed E-state index contributed by atoms with van der Waals surface area (Å²) in [7, 11) is 0. The number of alkyl halides is 3. The van der Waals surface area contributed by atoms with Crippen molar-refractivity contribution in [3.8, 4) is 0 Å². The minimum absolute atomic E-state index is 0.140. The molecule has 0 bridgehead atoms. The molecule has 1 aliphatic carbocycles. The highest BCUT2D eigenvalue weighted by atomic mass is 19.4. The van der Waals surface area contributed by atoms with Crippen molar-refractivity contribution >= 4 is 5.91 Å². The summed E-state index contributed by atoms with van der Waals surface area (Å²) in [4.78, 5) is 12.2. The van der Waals surface area contributed by atoms with Gasteiger partial charge in [-0.15, -0.1) is 0 Å². The summed E-state index contributed by atoms with van der Waals surface area (Å²) in [5.41, 5.74) is 1.93. The van der Waals surface area contributed by atoms with Crippen molar-refractivity contribution in [3.05, 3.63) is 34.4 Å². The molecule has 1 amide bonds. The highest BCUT2D eigenvalue weighted by Gasteiger charge is 2.40. The van der Waals surface area contributed by atoms with E-state index in [0.29, 0.717) is 38.0 Å². The second-order valence-electron chi connectivity index (χ2n) is 7.30. The molecule has 0 saturated carbocycles. The van der Waals surface area contributed by atoms with Crippen molar-refractivity contribution in [1.82, 2.24) is 24.9 Å². The standard InChI is InChI=1S/C18H24F3N5O/c1-11(9-25-13(3)7-12(2)23-25)8-22-16(27)10-26-15-6-4-5-14(15)17(24-26)18(19,20)21/h7,11H,4-6,8-10H2,1-3H3,(H,22,27)/t11-/m0/s1. The Kier molecular flexibility index (Phi) is 5.30. The zero-order chi connectivity index (χ0) is 19.8. The number of nitrogens with one attached hydrogen (secondary N) is 1. The third-order valence-corrected chi connectivity index (χ3v) is 4.80. The normalized spacial score (nSPS) is 15.0. The molecule has 2 heterocycles. The number of hydrogen-bond acceptors (Lipinski definition) is 3. The topological polar surface area (TPSA) is 64.7 Å². The molecule has 0 fully saturated rings. The number of halogens is 3. The van der Waals surface area contributed by atoms with Gasteiger partial charge in [0.2, 0.25) is 5.91 Å². The number of carbonyl (C=O) groups excluding carboxylic acids is 1. The lowest BCUT2D eigenvalue weighted by Crippen LogP contribution is -2.33. The Morgan fingerprint density at radius 2 is 2.00 bits per heavy atom. The highest BCUT2D eigenvalue weighted by Crippen LogP contribution is 2.36. The van der Waals surface area contributed by atoms with Gasteiger partial charge in [-0.1, -0.05) is 6.92 Å². The Balaban J connectivity index is 1.58. The van der Waals surface area contributed by atoms with Gasteiger partial charge in [0.25, 0.3) is 0 Å². The Labute approximate surface area is 155 Å². The van der Waals surface area contributed by atoms with Gasteiger partial charge in [0, 0.05) is 30.0 Å². The molecule has 1 aliphatic rings. The fraction of sp³-hybridized carbons (Fsp3) is 0.611. The van der Waals surface area contributed by atoms with E-state index in [9.17, 15) is 18.0 Å². The number of hydrogen-bond donors (Lipinski definition) is 1. The number of carbonyl (C=O) groups is 1. The van der Waals surface area contributed by atoms with E-state index in [1.165, 1.54) is 4.68 Å². The van der Waals surface area contributed by atoms with Crippen LogP contribution in [0.15, 0.2) is 6.07 Å². The second kappa shape index (κ2) is 7.36. The van der Waals surface area contributed by atoms with Crippen LogP contribution in [0.4, 0.5) is 13.2 Å². The first kappa shape index (κ1) is 19.4. The van der Waals surface area contributed by atoms with Crippen molar-refractivity contribution in [2.45, 2.75) is 59.3 Å². The van der Waals surface area contributed by atoms with Gasteiger partial charge in [0.15, 0.2) is 5.69 Å². The van der Waals surface area contributed by atoms with E-state index in [0.717, 1.165) is 11.4 Å². The van der Waals surface area contributed by atoms with Crippen LogP contribution >= 0.6 is 0 Å². The molecule has 0 radical (unpaired) electrons. The first-order valence-corrected chi connectivity index (χ1v) is 9.08. The van der Waals surface area contributed by atoms with E-state index in [-0.39, 0.29) is 23.9 Å². The number of amides is 1. The Morgan fingerprint density at radius 1 is 1.26 bits per heavy atom. The molecule has 3 rings (SSSR count). The van der Waals surface area contributed by atoms with Crippen molar-refractivity contribution in [2.75, 3.05) is 6.54 Å². The van der Waals surface area contributed by atoms with Crippen molar-refractivity contribution in [1.29, 1.82) is 0 Å². The number of rotatable bonds is 6. The predicted octanol–water partition coefficient (Wildman–Crippen LogP) is 2.66. The summed E-state index contributed by atoms with van der Waals surface area (Å²) in [5, 5.41) is 10.9. The van der Waals surface area contributed by atoms with Crippen molar-refractivity contribution in [3.63, 3.8) is 0 Å². The SMILES string of the molecule is Cc1cc(C)n(C[C@@H](C)CNC(=O)Cn2nc(C(F)(F)F)c3c2CCC3)n1. The van der Waals surface area contributed by atoms with Gasteiger partial charge >= 0.3 is 6.18 Å². The fourth-order valence-electron chi connectivity index (χ4n) is 3.57. The van der Waals surface area contributed by atoms with Crippen LogP contribution in [0.5, 0.6) is 0 Å². The highest BCUT2D eigenvalue weighted by molar-refractivity contribution is 5.75. The van der Waals surface area contributed by atoms with Crippen LogP contribution in [-0.2, 0) is 36.9 Å². The molecule has 9 heteroatoms. The number of fused-ring (bicyclic) bond motifs is 1. The molecule has 1 atom stereocenters. The van der Waals surface area contributed by atoms with E-state index in [2.05, 4.69) is 15.5 Å². The molecule has 27 heavy (non-hydrogen) atoms. The van der Waals surface area contributed by atoms with E-state index < -0.39 is 11.9 Å². The van der Waals surface area contributed by atoms with Crippen LogP contribution < -0.4 is 5.32 Å². The van der Waals surface area contributed by atoms with E-state index >= 15 is 0 Å². The summed E-state index contributed by atoms with van der Waals surface area (Å²) in [6.45, 7) is 6.78. The minimum Gasteiger partial charge on any atom is -0.354 e. The molecule has 6 nitrogen and oxygen atoms in total. The van der Waals surface area contributed by atoms with E-state index in [1.54, 1.807) is 0 Å². The van der Waals surface area contributed by atoms with Gasteiger partial charge in [-0.25, -0.2) is 0 Å². The van der Waals surface area contributed by atoms with Crippen LogP contribution in [0.1, 0.15) is 41.7 Å². The fourth-order valence-corrected chi connectivity index (χ4v) is 3.57. The second-order valence-corrected chi connectivity index (χ2v) is 7.30. The first-order valence-electron chi connectivity index (χ1n) is 9.08. The summed E-state index contributed by atoms with van der Waals surface area (Å²) in [5.74, 6) is -0.192. The number of nitrogens with zero attached hydrogens (tertiary/aromatic N) is 4. The molecule has 0 spiro atoms. The molecule has 0 unspecified atom stereocenters. The molecule has 0 saturated heterocycles. The molecule has 0 aliphatic heterocycles. The van der Waals surface area contributed by atoms with Crippen LogP contribution in [0.3, 0.4) is 0 Å². The Bertz CT molecular complexity index is 837. The van der Waals surface area contributed by atoms with Crippen LogP contribution in [0.2, 0.25) is 0 Å². The predicted molar refractivity (Wildman–Crippen MR) is 93.1 cm³/mol. The van der Waals surface area contributed by atoms with E-state index in [1.807, 2.05) is 31.5 Å². The average molecular weight is 383 g/mol. The van der Waals surface area contributed by atoms with Crippen molar-refractivity contribution in [2.24, 2.45) is 5.92 Å². The summed E-state index contributed by atoms with van der Waals surface area (Å²) in [6, 6.07) is 1.99. The third-order valence-electron chi connectivity index (χ3n) is 4.80. The van der Waals surface area contributed by atoms with Gasteiger partial charge < -0.3 is 5.32 Å². The quantitative estimate of drug-likeness (QED) is 0.834. The van der Waals surface area contributed by atoms with Gasteiger partial charge in [0.1, 0.15) is 6.54 Å². The summed E-state index contributed by atoms with van der Waals surface area (Å²) < 4.78 is 42.4. The maximum Gasteiger partial charge on any atom is 0.435 e. The van der Waals surface area contributed by atoms with Gasteiger partial charge in [-0.2, -0.15) is 23.4 Å². The molecule has 148 valence electrons. The number of aryl methyl sites for hydroxylation is 2. The minimum atomic E-state index is -4.48. The smallest absolute Gasteiger partial charge is 0.354 e. The summed E-state index contributed by atoms with van der Waals surface area (Å²) in [6.07, 6.45) is -2.92. The average Bonchev–Trinajstić information content (AvgIpc) is 3.22. The molecule has 0 aromatic carbocycles. The molecular weight excluding hydrogens is 359 g/mol. The van der Waals surface area contributed by atoms with Gasteiger partial charge in [-0.3, -0.25) is 14.2 Å². The van der Waals surface area contributed by atoms with Gasteiger partial charge in [-0.05, 0) is 45.1 Å². The van der Waals surface area contributed by atoms with Crippen LogP contribution in [0.25, 0.3) is 0 Å². The maximum absolute atomic E-state index is 13.1. The van der Waals surface area contributed by atoms with Crippen molar-refractivity contribution < 1.29 is 18.0 Å². The molecule has 2 aromatic heterocycles. The lowest BCUT2D eigenvalue weighted by atomic mass is 10.2. The third kappa shape index (κ3) is 4.33. The zero-order valence-electron chi connectivity index (χ0n) is 15.7. The van der Waals surface area contributed by atoms with Crippen LogP contribution in [0, 0.1) is 19.8 Å². The lowest BCUT2D eigenvalue weighted by molar-refractivity contribution is -0.142.